The van der Waals surface area contributed by atoms with Crippen LogP contribution in [0.5, 0.6) is 5.75 Å². The van der Waals surface area contributed by atoms with Crippen molar-refractivity contribution in [3.63, 3.8) is 0 Å². The van der Waals surface area contributed by atoms with E-state index in [0.29, 0.717) is 12.8 Å². The third-order valence-electron chi connectivity index (χ3n) is 3.31. The zero-order chi connectivity index (χ0) is 12.4. The van der Waals surface area contributed by atoms with E-state index < -0.39 is 0 Å². The Bertz CT molecular complexity index is 431. The number of aliphatic hydroxyl groups excluding tert-OH is 1. The van der Waals surface area contributed by atoms with Gasteiger partial charge in [-0.2, -0.15) is 0 Å². The van der Waals surface area contributed by atoms with Crippen molar-refractivity contribution in [1.82, 2.24) is 0 Å². The number of anilines is 1. The number of amides is 1. The van der Waals surface area contributed by atoms with Crippen molar-refractivity contribution in [3.05, 3.63) is 23.8 Å². The molecule has 0 saturated carbocycles. The molecule has 4 nitrogen and oxygen atoms in total. The number of carbonyl (C=O) groups is 1. The van der Waals surface area contributed by atoms with Gasteiger partial charge in [0, 0.05) is 25.8 Å². The van der Waals surface area contributed by atoms with Crippen LogP contribution in [0.3, 0.4) is 0 Å². The number of methoxy groups -OCH3 is 1. The Kier molecular flexibility index (Phi) is 3.33. The predicted octanol–water partition coefficient (Wildman–Crippen LogP) is 1.53. The van der Waals surface area contributed by atoms with Crippen molar-refractivity contribution in [2.75, 3.05) is 25.7 Å². The molecule has 2 rings (SSSR count). The van der Waals surface area contributed by atoms with Gasteiger partial charge in [-0.1, -0.05) is 0 Å². The highest BCUT2D eigenvalue weighted by Gasteiger charge is 2.28. The molecule has 4 heteroatoms. The highest BCUT2D eigenvalue weighted by Crippen LogP contribution is 2.38. The van der Waals surface area contributed by atoms with Crippen LogP contribution in [-0.4, -0.2) is 31.8 Å². The molecule has 1 aliphatic rings. The number of nitrogens with zero attached hydrogens (tertiary/aromatic N) is 1. The lowest BCUT2D eigenvalue weighted by Crippen LogP contribution is -2.33. The molecule has 0 aromatic heterocycles. The molecule has 1 unspecified atom stereocenters. The minimum Gasteiger partial charge on any atom is -0.497 e. The SMILES string of the molecule is COc1ccc2c(c1)C(CCO)CC(=O)N2C. The fourth-order valence-electron chi connectivity index (χ4n) is 2.30. The van der Waals surface area contributed by atoms with Crippen LogP contribution in [-0.2, 0) is 4.79 Å². The van der Waals surface area contributed by atoms with Crippen molar-refractivity contribution in [3.8, 4) is 5.75 Å². The second-order valence-electron chi connectivity index (χ2n) is 4.29. The number of aliphatic hydroxyl groups is 1. The quantitative estimate of drug-likeness (QED) is 0.864. The highest BCUT2D eigenvalue weighted by atomic mass is 16.5. The van der Waals surface area contributed by atoms with Crippen molar-refractivity contribution in [1.29, 1.82) is 0 Å². The molecule has 1 amide bonds. The van der Waals surface area contributed by atoms with E-state index in [9.17, 15) is 4.79 Å². The number of carbonyl (C=O) groups excluding carboxylic acids is 1. The van der Waals surface area contributed by atoms with Gasteiger partial charge < -0.3 is 14.7 Å². The molecular formula is C13H17NO3. The van der Waals surface area contributed by atoms with E-state index in [4.69, 9.17) is 9.84 Å². The summed E-state index contributed by atoms with van der Waals surface area (Å²) in [5, 5.41) is 9.07. The first-order chi connectivity index (χ1) is 8.17. The highest BCUT2D eigenvalue weighted by molar-refractivity contribution is 5.96. The Morgan fingerprint density at radius 2 is 2.29 bits per heavy atom. The maximum Gasteiger partial charge on any atom is 0.227 e. The van der Waals surface area contributed by atoms with Crippen molar-refractivity contribution >= 4 is 11.6 Å². The molecule has 0 fully saturated rings. The van der Waals surface area contributed by atoms with Gasteiger partial charge in [0.1, 0.15) is 5.75 Å². The topological polar surface area (TPSA) is 49.8 Å². The summed E-state index contributed by atoms with van der Waals surface area (Å²) in [5.74, 6) is 0.976. The summed E-state index contributed by atoms with van der Waals surface area (Å²) >= 11 is 0. The molecule has 92 valence electrons. The van der Waals surface area contributed by atoms with Gasteiger partial charge in [-0.15, -0.1) is 0 Å². The standard InChI is InChI=1S/C13H17NO3/c1-14-12-4-3-10(17-2)8-11(12)9(5-6-15)7-13(14)16/h3-4,8-9,15H,5-7H2,1-2H3. The number of benzene rings is 1. The van der Waals surface area contributed by atoms with Crippen LogP contribution in [0.15, 0.2) is 18.2 Å². The summed E-state index contributed by atoms with van der Waals surface area (Å²) in [6.45, 7) is 0.0955. The number of hydrogen-bond acceptors (Lipinski definition) is 3. The fourth-order valence-corrected chi connectivity index (χ4v) is 2.30. The molecule has 0 aliphatic carbocycles. The van der Waals surface area contributed by atoms with Gasteiger partial charge in [0.15, 0.2) is 0 Å². The number of rotatable bonds is 3. The lowest BCUT2D eigenvalue weighted by Gasteiger charge is -2.31. The van der Waals surface area contributed by atoms with Gasteiger partial charge in [0.2, 0.25) is 5.91 Å². The second kappa shape index (κ2) is 4.75. The Morgan fingerprint density at radius 1 is 1.53 bits per heavy atom. The number of fused-ring (bicyclic) bond motifs is 1. The largest absolute Gasteiger partial charge is 0.497 e. The summed E-state index contributed by atoms with van der Waals surface area (Å²) in [4.78, 5) is 13.5. The molecule has 17 heavy (non-hydrogen) atoms. The van der Waals surface area contributed by atoms with E-state index >= 15 is 0 Å². The lowest BCUT2D eigenvalue weighted by atomic mass is 9.87. The normalized spacial score (nSPS) is 19.1. The second-order valence-corrected chi connectivity index (χ2v) is 4.29. The van der Waals surface area contributed by atoms with Crippen molar-refractivity contribution < 1.29 is 14.6 Å². The van der Waals surface area contributed by atoms with E-state index in [2.05, 4.69) is 0 Å². The Hall–Kier alpha value is -1.55. The molecule has 1 N–H and O–H groups in total. The van der Waals surface area contributed by atoms with Gasteiger partial charge in [-0.05, 0) is 36.1 Å². The summed E-state index contributed by atoms with van der Waals surface area (Å²) in [6.07, 6.45) is 1.07. The van der Waals surface area contributed by atoms with Crippen LogP contribution >= 0.6 is 0 Å². The summed E-state index contributed by atoms with van der Waals surface area (Å²) in [5.41, 5.74) is 2.00. The molecule has 1 aromatic carbocycles. The van der Waals surface area contributed by atoms with E-state index in [-0.39, 0.29) is 18.4 Å². The average molecular weight is 235 g/mol. The molecule has 0 bridgehead atoms. The van der Waals surface area contributed by atoms with Crippen LogP contribution in [0.4, 0.5) is 5.69 Å². The van der Waals surface area contributed by atoms with Crippen LogP contribution < -0.4 is 9.64 Å². The van der Waals surface area contributed by atoms with Gasteiger partial charge in [-0.3, -0.25) is 4.79 Å². The van der Waals surface area contributed by atoms with Crippen molar-refractivity contribution in [2.24, 2.45) is 0 Å². The van der Waals surface area contributed by atoms with Gasteiger partial charge in [-0.25, -0.2) is 0 Å². The monoisotopic (exact) mass is 235 g/mol. The third kappa shape index (κ3) is 2.13. The first-order valence-electron chi connectivity index (χ1n) is 5.72. The fraction of sp³-hybridized carbons (Fsp3) is 0.462. The smallest absolute Gasteiger partial charge is 0.227 e. The first kappa shape index (κ1) is 11.9. The summed E-state index contributed by atoms with van der Waals surface area (Å²) < 4.78 is 5.20. The van der Waals surface area contributed by atoms with E-state index in [1.165, 1.54) is 0 Å². The first-order valence-corrected chi connectivity index (χ1v) is 5.72. The van der Waals surface area contributed by atoms with E-state index in [1.807, 2.05) is 18.2 Å². The maximum absolute atomic E-state index is 11.8. The Labute approximate surface area is 101 Å². The van der Waals surface area contributed by atoms with Crippen LogP contribution in [0.1, 0.15) is 24.3 Å². The molecule has 1 aliphatic heterocycles. The molecule has 1 aromatic rings. The van der Waals surface area contributed by atoms with Gasteiger partial charge in [0.05, 0.1) is 7.11 Å². The minimum absolute atomic E-state index is 0.0915. The number of hydrogen-bond donors (Lipinski definition) is 1. The Balaban J connectivity index is 2.44. The summed E-state index contributed by atoms with van der Waals surface area (Å²) in [6, 6.07) is 5.71. The lowest BCUT2D eigenvalue weighted by molar-refractivity contribution is -0.119. The third-order valence-corrected chi connectivity index (χ3v) is 3.31. The molecule has 0 saturated heterocycles. The zero-order valence-electron chi connectivity index (χ0n) is 10.1. The summed E-state index contributed by atoms with van der Waals surface area (Å²) in [7, 11) is 3.41. The van der Waals surface area contributed by atoms with Crippen LogP contribution in [0.2, 0.25) is 0 Å². The average Bonchev–Trinajstić information content (AvgIpc) is 2.35. The maximum atomic E-state index is 11.8. The van der Waals surface area contributed by atoms with E-state index in [0.717, 1.165) is 17.0 Å². The Morgan fingerprint density at radius 3 is 2.94 bits per heavy atom. The molecule has 1 heterocycles. The van der Waals surface area contributed by atoms with Gasteiger partial charge in [0.25, 0.3) is 0 Å². The molecular weight excluding hydrogens is 218 g/mol. The molecule has 0 spiro atoms. The van der Waals surface area contributed by atoms with Gasteiger partial charge >= 0.3 is 0 Å². The molecule has 1 atom stereocenters. The van der Waals surface area contributed by atoms with Crippen molar-refractivity contribution in [2.45, 2.75) is 18.8 Å². The van der Waals surface area contributed by atoms with Crippen LogP contribution in [0, 0.1) is 0 Å². The zero-order valence-corrected chi connectivity index (χ0v) is 10.1. The molecule has 0 radical (unpaired) electrons. The van der Waals surface area contributed by atoms with E-state index in [1.54, 1.807) is 19.1 Å². The number of ether oxygens (including phenoxy) is 1. The van der Waals surface area contributed by atoms with Crippen LogP contribution in [0.25, 0.3) is 0 Å². The predicted molar refractivity (Wildman–Crippen MR) is 65.5 cm³/mol. The minimum atomic E-state index is 0.0915.